The molecule has 1 amide bonds. The predicted molar refractivity (Wildman–Crippen MR) is 76.0 cm³/mol. The van der Waals surface area contributed by atoms with Gasteiger partial charge in [-0.15, -0.1) is 0 Å². The molecule has 0 atom stereocenters. The second-order valence-corrected chi connectivity index (χ2v) is 4.40. The minimum absolute atomic E-state index is 0.121. The van der Waals surface area contributed by atoms with Crippen LogP contribution < -0.4 is 10.6 Å². The maximum atomic E-state index is 12.3. The number of hydrogen-bond donors (Lipinski definition) is 1. The Labute approximate surface area is 112 Å². The van der Waals surface area contributed by atoms with Crippen molar-refractivity contribution >= 4 is 11.6 Å². The lowest BCUT2D eigenvalue weighted by atomic mass is 10.2. The molecule has 0 spiro atoms. The molecule has 0 fully saturated rings. The number of hydrogen-bond acceptors (Lipinski definition) is 3. The molecule has 0 aliphatic rings. The number of aromatic nitrogens is 1. The van der Waals surface area contributed by atoms with Crippen LogP contribution in [0, 0.1) is 6.92 Å². The number of aryl methyl sites for hydroxylation is 1. The average molecular weight is 255 g/mol. The summed E-state index contributed by atoms with van der Waals surface area (Å²) in [5.74, 6) is -0.121. The molecule has 4 nitrogen and oxygen atoms in total. The fourth-order valence-electron chi connectivity index (χ4n) is 1.81. The third kappa shape index (κ3) is 2.98. The first-order valence-electron chi connectivity index (χ1n) is 6.12. The number of carbonyl (C=O) groups is 1. The lowest BCUT2D eigenvalue weighted by Gasteiger charge is -2.17. The molecule has 2 aromatic rings. The highest BCUT2D eigenvalue weighted by molar-refractivity contribution is 6.04. The SMILES string of the molecule is Cc1cccc(C(=O)N(C)c2ccc(CN)cc2)n1. The highest BCUT2D eigenvalue weighted by Gasteiger charge is 2.14. The Morgan fingerprint density at radius 2 is 1.89 bits per heavy atom. The van der Waals surface area contributed by atoms with E-state index in [0.29, 0.717) is 12.2 Å². The maximum Gasteiger partial charge on any atom is 0.276 e. The van der Waals surface area contributed by atoms with Crippen LogP contribution in [0.5, 0.6) is 0 Å². The van der Waals surface area contributed by atoms with Gasteiger partial charge >= 0.3 is 0 Å². The minimum Gasteiger partial charge on any atom is -0.326 e. The lowest BCUT2D eigenvalue weighted by molar-refractivity contribution is 0.0988. The summed E-state index contributed by atoms with van der Waals surface area (Å²) < 4.78 is 0. The van der Waals surface area contributed by atoms with Gasteiger partial charge in [0, 0.05) is 25.0 Å². The van der Waals surface area contributed by atoms with E-state index in [1.54, 1.807) is 18.0 Å². The molecule has 0 radical (unpaired) electrons. The van der Waals surface area contributed by atoms with Gasteiger partial charge in [0.1, 0.15) is 5.69 Å². The summed E-state index contributed by atoms with van der Waals surface area (Å²) in [5, 5.41) is 0. The number of rotatable bonds is 3. The van der Waals surface area contributed by atoms with Crippen molar-refractivity contribution < 1.29 is 4.79 Å². The third-order valence-electron chi connectivity index (χ3n) is 2.97. The number of pyridine rings is 1. The van der Waals surface area contributed by atoms with Crippen LogP contribution in [0.1, 0.15) is 21.7 Å². The maximum absolute atomic E-state index is 12.3. The van der Waals surface area contributed by atoms with Crippen LogP contribution >= 0.6 is 0 Å². The van der Waals surface area contributed by atoms with E-state index in [-0.39, 0.29) is 5.91 Å². The Kier molecular flexibility index (Phi) is 3.92. The number of amides is 1. The van der Waals surface area contributed by atoms with Crippen LogP contribution in [0.15, 0.2) is 42.5 Å². The fraction of sp³-hybridized carbons (Fsp3) is 0.200. The van der Waals surface area contributed by atoms with Crippen LogP contribution in [0.4, 0.5) is 5.69 Å². The van der Waals surface area contributed by atoms with Crippen LogP contribution in [-0.4, -0.2) is 17.9 Å². The largest absolute Gasteiger partial charge is 0.326 e. The molecule has 98 valence electrons. The lowest BCUT2D eigenvalue weighted by Crippen LogP contribution is -2.27. The van der Waals surface area contributed by atoms with Gasteiger partial charge in [-0.05, 0) is 36.8 Å². The van der Waals surface area contributed by atoms with Crippen LogP contribution in [0.25, 0.3) is 0 Å². The predicted octanol–water partition coefficient (Wildman–Crippen LogP) is 2.13. The van der Waals surface area contributed by atoms with E-state index in [9.17, 15) is 4.79 Å². The van der Waals surface area contributed by atoms with Crippen molar-refractivity contribution in [3.63, 3.8) is 0 Å². The van der Waals surface area contributed by atoms with Crippen molar-refractivity contribution in [3.8, 4) is 0 Å². The molecule has 0 aliphatic heterocycles. The zero-order chi connectivity index (χ0) is 13.8. The molecular formula is C15H17N3O. The van der Waals surface area contributed by atoms with E-state index in [1.165, 1.54) is 0 Å². The van der Waals surface area contributed by atoms with Crippen molar-refractivity contribution in [1.82, 2.24) is 4.98 Å². The molecule has 4 heteroatoms. The van der Waals surface area contributed by atoms with Crippen LogP contribution in [-0.2, 0) is 6.54 Å². The molecule has 0 saturated carbocycles. The van der Waals surface area contributed by atoms with Gasteiger partial charge in [-0.1, -0.05) is 18.2 Å². The summed E-state index contributed by atoms with van der Waals surface area (Å²) in [7, 11) is 1.74. The second-order valence-electron chi connectivity index (χ2n) is 4.40. The first-order valence-corrected chi connectivity index (χ1v) is 6.12. The molecule has 1 aromatic heterocycles. The summed E-state index contributed by atoms with van der Waals surface area (Å²) >= 11 is 0. The van der Waals surface area contributed by atoms with Gasteiger partial charge in [0.25, 0.3) is 5.91 Å². The number of carbonyl (C=O) groups excluding carboxylic acids is 1. The van der Waals surface area contributed by atoms with Gasteiger partial charge in [-0.2, -0.15) is 0 Å². The quantitative estimate of drug-likeness (QED) is 0.914. The van der Waals surface area contributed by atoms with Crippen molar-refractivity contribution in [2.45, 2.75) is 13.5 Å². The molecule has 0 bridgehead atoms. The first kappa shape index (κ1) is 13.2. The zero-order valence-electron chi connectivity index (χ0n) is 11.1. The summed E-state index contributed by atoms with van der Waals surface area (Å²) in [6.45, 7) is 2.37. The summed E-state index contributed by atoms with van der Waals surface area (Å²) in [4.78, 5) is 18.1. The number of nitrogens with two attached hydrogens (primary N) is 1. The first-order chi connectivity index (χ1) is 9.11. The summed E-state index contributed by atoms with van der Waals surface area (Å²) in [6, 6.07) is 13.0. The van der Waals surface area contributed by atoms with Crippen molar-refractivity contribution in [2.24, 2.45) is 5.73 Å². The van der Waals surface area contributed by atoms with E-state index >= 15 is 0 Å². The highest BCUT2D eigenvalue weighted by Crippen LogP contribution is 2.16. The fourth-order valence-corrected chi connectivity index (χ4v) is 1.81. The Morgan fingerprint density at radius 1 is 1.21 bits per heavy atom. The molecular weight excluding hydrogens is 238 g/mol. The molecule has 2 N–H and O–H groups in total. The van der Waals surface area contributed by atoms with E-state index in [0.717, 1.165) is 16.9 Å². The normalized spacial score (nSPS) is 10.3. The monoisotopic (exact) mass is 255 g/mol. The average Bonchev–Trinajstić information content (AvgIpc) is 2.46. The molecule has 1 heterocycles. The van der Waals surface area contributed by atoms with Gasteiger partial charge in [0.2, 0.25) is 0 Å². The second kappa shape index (κ2) is 5.63. The molecule has 1 aromatic carbocycles. The van der Waals surface area contributed by atoms with Gasteiger partial charge < -0.3 is 10.6 Å². The Morgan fingerprint density at radius 3 is 2.47 bits per heavy atom. The van der Waals surface area contributed by atoms with Crippen LogP contribution in [0.2, 0.25) is 0 Å². The van der Waals surface area contributed by atoms with Crippen LogP contribution in [0.3, 0.4) is 0 Å². The van der Waals surface area contributed by atoms with E-state index in [1.807, 2.05) is 43.3 Å². The Balaban J connectivity index is 2.23. The van der Waals surface area contributed by atoms with Gasteiger partial charge in [0.05, 0.1) is 0 Å². The topological polar surface area (TPSA) is 59.2 Å². The van der Waals surface area contributed by atoms with E-state index in [2.05, 4.69) is 4.98 Å². The molecule has 0 saturated heterocycles. The number of nitrogens with zero attached hydrogens (tertiary/aromatic N) is 2. The Hall–Kier alpha value is -2.20. The highest BCUT2D eigenvalue weighted by atomic mass is 16.2. The Bertz CT molecular complexity index is 578. The van der Waals surface area contributed by atoms with Gasteiger partial charge in [-0.25, -0.2) is 4.98 Å². The molecule has 0 aliphatic carbocycles. The summed E-state index contributed by atoms with van der Waals surface area (Å²) in [5.41, 5.74) is 8.70. The number of benzene rings is 1. The number of anilines is 1. The van der Waals surface area contributed by atoms with Gasteiger partial charge in [-0.3, -0.25) is 4.79 Å². The van der Waals surface area contributed by atoms with Crippen molar-refractivity contribution in [2.75, 3.05) is 11.9 Å². The zero-order valence-corrected chi connectivity index (χ0v) is 11.1. The van der Waals surface area contributed by atoms with Gasteiger partial charge in [0.15, 0.2) is 0 Å². The van der Waals surface area contributed by atoms with E-state index in [4.69, 9.17) is 5.73 Å². The van der Waals surface area contributed by atoms with Crippen molar-refractivity contribution in [1.29, 1.82) is 0 Å². The summed E-state index contributed by atoms with van der Waals surface area (Å²) in [6.07, 6.45) is 0. The minimum atomic E-state index is -0.121. The molecule has 19 heavy (non-hydrogen) atoms. The molecule has 0 unspecified atom stereocenters. The van der Waals surface area contributed by atoms with Crippen molar-refractivity contribution in [3.05, 3.63) is 59.4 Å². The third-order valence-corrected chi connectivity index (χ3v) is 2.97. The molecule has 2 rings (SSSR count). The van der Waals surface area contributed by atoms with E-state index < -0.39 is 0 Å². The smallest absolute Gasteiger partial charge is 0.276 e. The standard InChI is InChI=1S/C15H17N3O/c1-11-4-3-5-14(17-11)15(19)18(2)13-8-6-12(10-16)7-9-13/h3-9H,10,16H2,1-2H3.